The van der Waals surface area contributed by atoms with Crippen LogP contribution in [0, 0.1) is 0 Å². The first kappa shape index (κ1) is 13.9. The zero-order valence-electron chi connectivity index (χ0n) is 11.3. The molecule has 19 heavy (non-hydrogen) atoms. The number of ketones is 1. The maximum Gasteiger partial charge on any atom is 0.163 e. The molecule has 0 aromatic heterocycles. The highest BCUT2D eigenvalue weighted by molar-refractivity contribution is 5.97. The van der Waals surface area contributed by atoms with Crippen molar-refractivity contribution in [3.05, 3.63) is 23.8 Å². The molecule has 0 atom stereocenters. The van der Waals surface area contributed by atoms with Gasteiger partial charge in [-0.15, -0.1) is 0 Å². The molecule has 0 aliphatic heterocycles. The van der Waals surface area contributed by atoms with Crippen LogP contribution in [0.1, 0.15) is 43.0 Å². The van der Waals surface area contributed by atoms with E-state index in [4.69, 9.17) is 0 Å². The van der Waals surface area contributed by atoms with Gasteiger partial charge in [0.25, 0.3) is 0 Å². The summed E-state index contributed by atoms with van der Waals surface area (Å²) in [4.78, 5) is 13.5. The Hall–Kier alpha value is -1.55. The van der Waals surface area contributed by atoms with E-state index in [0.29, 0.717) is 18.2 Å². The number of hydrogen-bond donors (Lipinski definition) is 2. The first-order valence-electron chi connectivity index (χ1n) is 6.85. The van der Waals surface area contributed by atoms with Crippen LogP contribution in [0.25, 0.3) is 0 Å². The maximum atomic E-state index is 11.3. The van der Waals surface area contributed by atoms with Crippen LogP contribution in [0.15, 0.2) is 18.2 Å². The van der Waals surface area contributed by atoms with Gasteiger partial charge in [-0.25, -0.2) is 0 Å². The normalized spacial score (nSPS) is 15.7. The minimum absolute atomic E-state index is 0.0194. The van der Waals surface area contributed by atoms with Crippen molar-refractivity contribution in [1.29, 1.82) is 0 Å². The standard InChI is InChI=1S/C15H21NO3/c1-11(18)14-7-6-13(10-15(14)19)16(8-9-17)12-4-2-3-5-12/h6-7,10,12,17,19H,2-5,8-9H2,1H3. The van der Waals surface area contributed by atoms with Gasteiger partial charge >= 0.3 is 0 Å². The van der Waals surface area contributed by atoms with E-state index < -0.39 is 0 Å². The molecule has 0 spiro atoms. The third-order valence-corrected chi connectivity index (χ3v) is 3.80. The lowest BCUT2D eigenvalue weighted by molar-refractivity contribution is 0.101. The molecular weight excluding hydrogens is 242 g/mol. The van der Waals surface area contributed by atoms with Crippen LogP contribution in [0.4, 0.5) is 5.69 Å². The fraction of sp³-hybridized carbons (Fsp3) is 0.533. The predicted octanol–water partition coefficient (Wildman–Crippen LogP) is 2.34. The van der Waals surface area contributed by atoms with Gasteiger partial charge < -0.3 is 15.1 Å². The number of carbonyl (C=O) groups is 1. The molecule has 1 aliphatic carbocycles. The summed E-state index contributed by atoms with van der Waals surface area (Å²) in [5.41, 5.74) is 1.22. The summed E-state index contributed by atoms with van der Waals surface area (Å²) in [5.74, 6) is -0.121. The Morgan fingerprint density at radius 2 is 2.05 bits per heavy atom. The fourth-order valence-electron chi connectivity index (χ4n) is 2.84. The second-order valence-corrected chi connectivity index (χ2v) is 5.11. The molecule has 104 valence electrons. The summed E-state index contributed by atoms with van der Waals surface area (Å²) in [6.07, 6.45) is 4.67. The minimum Gasteiger partial charge on any atom is -0.507 e. The highest BCUT2D eigenvalue weighted by Crippen LogP contribution is 2.31. The average Bonchev–Trinajstić information content (AvgIpc) is 2.89. The van der Waals surface area contributed by atoms with Crippen molar-refractivity contribution in [2.45, 2.75) is 38.6 Å². The number of carbonyl (C=O) groups excluding carboxylic acids is 1. The highest BCUT2D eigenvalue weighted by Gasteiger charge is 2.23. The Kier molecular flexibility index (Phi) is 4.43. The molecule has 0 unspecified atom stereocenters. The molecule has 0 heterocycles. The van der Waals surface area contributed by atoms with E-state index >= 15 is 0 Å². The molecule has 1 saturated carbocycles. The summed E-state index contributed by atoms with van der Waals surface area (Å²) < 4.78 is 0. The molecule has 1 aliphatic rings. The topological polar surface area (TPSA) is 60.8 Å². The van der Waals surface area contributed by atoms with Crippen molar-refractivity contribution >= 4 is 11.5 Å². The van der Waals surface area contributed by atoms with E-state index in [1.54, 1.807) is 12.1 Å². The van der Waals surface area contributed by atoms with Gasteiger partial charge in [-0.3, -0.25) is 4.79 Å². The number of aliphatic hydroxyl groups is 1. The number of phenolic OH excluding ortho intramolecular Hbond substituents is 1. The smallest absolute Gasteiger partial charge is 0.163 e. The Bertz CT molecular complexity index is 453. The monoisotopic (exact) mass is 263 g/mol. The number of anilines is 1. The molecule has 0 saturated heterocycles. The molecular formula is C15H21NO3. The number of aromatic hydroxyl groups is 1. The zero-order valence-corrected chi connectivity index (χ0v) is 11.3. The third-order valence-electron chi connectivity index (χ3n) is 3.80. The van der Waals surface area contributed by atoms with Crippen LogP contribution in [0.2, 0.25) is 0 Å². The number of benzene rings is 1. The summed E-state index contributed by atoms with van der Waals surface area (Å²) in [6.45, 7) is 2.09. The molecule has 1 fully saturated rings. The molecule has 0 amide bonds. The quantitative estimate of drug-likeness (QED) is 0.800. The molecule has 1 aromatic rings. The SMILES string of the molecule is CC(=O)c1ccc(N(CCO)C2CCCC2)cc1O. The zero-order chi connectivity index (χ0) is 13.8. The average molecular weight is 263 g/mol. The van der Waals surface area contributed by atoms with Gasteiger partial charge in [0.15, 0.2) is 5.78 Å². The van der Waals surface area contributed by atoms with Crippen molar-refractivity contribution < 1.29 is 15.0 Å². The summed E-state index contributed by atoms with van der Waals surface area (Å²) in [5, 5.41) is 19.1. The first-order chi connectivity index (χ1) is 9.13. The third kappa shape index (κ3) is 3.07. The van der Waals surface area contributed by atoms with Gasteiger partial charge in [0.2, 0.25) is 0 Å². The Labute approximate surface area is 113 Å². The van der Waals surface area contributed by atoms with Gasteiger partial charge in [0, 0.05) is 24.3 Å². The first-order valence-corrected chi connectivity index (χ1v) is 6.85. The van der Waals surface area contributed by atoms with Crippen LogP contribution in [-0.2, 0) is 0 Å². The van der Waals surface area contributed by atoms with E-state index in [9.17, 15) is 15.0 Å². The lowest BCUT2D eigenvalue weighted by Gasteiger charge is -2.30. The molecule has 4 nitrogen and oxygen atoms in total. The molecule has 2 rings (SSSR count). The van der Waals surface area contributed by atoms with Gasteiger partial charge in [0.05, 0.1) is 12.2 Å². The van der Waals surface area contributed by atoms with E-state index in [1.165, 1.54) is 19.8 Å². The van der Waals surface area contributed by atoms with Gasteiger partial charge in [-0.1, -0.05) is 12.8 Å². The summed E-state index contributed by atoms with van der Waals surface area (Å²) >= 11 is 0. The van der Waals surface area contributed by atoms with E-state index in [-0.39, 0.29) is 18.1 Å². The fourth-order valence-corrected chi connectivity index (χ4v) is 2.84. The largest absolute Gasteiger partial charge is 0.507 e. The Morgan fingerprint density at radius 1 is 1.37 bits per heavy atom. The number of rotatable bonds is 5. The van der Waals surface area contributed by atoms with Gasteiger partial charge in [-0.05, 0) is 31.9 Å². The van der Waals surface area contributed by atoms with Crippen molar-refractivity contribution in [1.82, 2.24) is 0 Å². The molecule has 1 aromatic carbocycles. The molecule has 0 bridgehead atoms. The van der Waals surface area contributed by atoms with Crippen molar-refractivity contribution in [3.63, 3.8) is 0 Å². The van der Waals surface area contributed by atoms with Gasteiger partial charge in [-0.2, -0.15) is 0 Å². The maximum absolute atomic E-state index is 11.3. The second kappa shape index (κ2) is 6.06. The lowest BCUT2D eigenvalue weighted by atomic mass is 10.1. The Balaban J connectivity index is 2.26. The number of hydrogen-bond acceptors (Lipinski definition) is 4. The van der Waals surface area contributed by atoms with E-state index in [0.717, 1.165) is 18.5 Å². The number of Topliss-reactive ketones (excluding diaryl/α,β-unsaturated/α-hetero) is 1. The van der Waals surface area contributed by atoms with Crippen LogP contribution in [0.3, 0.4) is 0 Å². The number of phenols is 1. The van der Waals surface area contributed by atoms with Crippen molar-refractivity contribution in [3.8, 4) is 5.75 Å². The van der Waals surface area contributed by atoms with Crippen LogP contribution in [-0.4, -0.2) is 35.2 Å². The van der Waals surface area contributed by atoms with Crippen LogP contribution >= 0.6 is 0 Å². The predicted molar refractivity (Wildman–Crippen MR) is 74.8 cm³/mol. The van der Waals surface area contributed by atoms with E-state index in [1.807, 2.05) is 6.07 Å². The van der Waals surface area contributed by atoms with Crippen molar-refractivity contribution in [2.24, 2.45) is 0 Å². The van der Waals surface area contributed by atoms with Crippen LogP contribution in [0.5, 0.6) is 5.75 Å². The summed E-state index contributed by atoms with van der Waals surface area (Å²) in [6, 6.07) is 5.57. The second-order valence-electron chi connectivity index (χ2n) is 5.11. The number of nitrogens with zero attached hydrogens (tertiary/aromatic N) is 1. The molecule has 0 radical (unpaired) electrons. The lowest BCUT2D eigenvalue weighted by Crippen LogP contribution is -2.35. The minimum atomic E-state index is -0.140. The van der Waals surface area contributed by atoms with E-state index in [2.05, 4.69) is 4.90 Å². The summed E-state index contributed by atoms with van der Waals surface area (Å²) in [7, 11) is 0. The van der Waals surface area contributed by atoms with Gasteiger partial charge in [0.1, 0.15) is 5.75 Å². The molecule has 2 N–H and O–H groups in total. The number of aliphatic hydroxyl groups excluding tert-OH is 1. The van der Waals surface area contributed by atoms with Crippen LogP contribution < -0.4 is 4.90 Å². The molecule has 4 heteroatoms. The highest BCUT2D eigenvalue weighted by atomic mass is 16.3. The van der Waals surface area contributed by atoms with Crippen molar-refractivity contribution in [2.75, 3.05) is 18.1 Å². The Morgan fingerprint density at radius 3 is 2.58 bits per heavy atom.